The van der Waals surface area contributed by atoms with E-state index in [0.717, 1.165) is 32.7 Å². The maximum atomic E-state index is 12.6. The molecule has 0 spiro atoms. The summed E-state index contributed by atoms with van der Waals surface area (Å²) in [4.78, 5) is 26.2. The predicted molar refractivity (Wildman–Crippen MR) is 145 cm³/mol. The van der Waals surface area contributed by atoms with Crippen LogP contribution in [0.3, 0.4) is 0 Å². The lowest BCUT2D eigenvalue weighted by molar-refractivity contribution is -0.118. The van der Waals surface area contributed by atoms with Gasteiger partial charge >= 0.3 is 0 Å². The number of benzene rings is 3. The number of aryl methyl sites for hydroxylation is 2. The van der Waals surface area contributed by atoms with E-state index < -0.39 is 0 Å². The van der Waals surface area contributed by atoms with Crippen molar-refractivity contribution in [3.05, 3.63) is 89.1 Å². The highest BCUT2D eigenvalue weighted by molar-refractivity contribution is 8.00. The largest absolute Gasteiger partial charge is 0.454 e. The lowest BCUT2D eigenvalue weighted by Crippen LogP contribution is -2.27. The van der Waals surface area contributed by atoms with Crippen LogP contribution in [0.25, 0.3) is 10.9 Å². The predicted octanol–water partition coefficient (Wildman–Crippen LogP) is 4.83. The number of aromatic nitrogens is 1. The SMILES string of the molecule is Cc1ccc(C(=O)NCCn2cc(SCC(=O)NCc3ccc4c(c3)OCO4)c3ccccc32)cc1C. The van der Waals surface area contributed by atoms with Crippen molar-refractivity contribution in [3.8, 4) is 11.5 Å². The second-order valence-electron chi connectivity index (χ2n) is 9.01. The van der Waals surface area contributed by atoms with E-state index in [4.69, 9.17) is 9.47 Å². The Morgan fingerprint density at radius 2 is 1.78 bits per heavy atom. The number of para-hydroxylation sites is 1. The first kappa shape index (κ1) is 24.8. The molecule has 0 aliphatic carbocycles. The molecule has 0 radical (unpaired) electrons. The molecule has 8 heteroatoms. The zero-order valence-electron chi connectivity index (χ0n) is 20.9. The van der Waals surface area contributed by atoms with Gasteiger partial charge in [0.05, 0.1) is 5.75 Å². The number of carbonyl (C=O) groups excluding carboxylic acids is 2. The molecule has 5 rings (SSSR count). The third-order valence-electron chi connectivity index (χ3n) is 6.44. The van der Waals surface area contributed by atoms with Crippen molar-refractivity contribution in [1.29, 1.82) is 0 Å². The van der Waals surface area contributed by atoms with Gasteiger partial charge in [0.25, 0.3) is 5.91 Å². The summed E-state index contributed by atoms with van der Waals surface area (Å²) in [7, 11) is 0. The van der Waals surface area contributed by atoms with Gasteiger partial charge in [-0.15, -0.1) is 11.8 Å². The minimum absolute atomic E-state index is 0.0415. The zero-order valence-corrected chi connectivity index (χ0v) is 21.7. The molecule has 4 aromatic rings. The molecule has 1 aromatic heterocycles. The maximum Gasteiger partial charge on any atom is 0.251 e. The van der Waals surface area contributed by atoms with Crippen molar-refractivity contribution in [3.63, 3.8) is 0 Å². The van der Waals surface area contributed by atoms with Crippen LogP contribution in [0.5, 0.6) is 11.5 Å². The van der Waals surface area contributed by atoms with Gasteiger partial charge in [-0.25, -0.2) is 0 Å². The minimum Gasteiger partial charge on any atom is -0.454 e. The standard InChI is InChI=1S/C29H29N3O4S/c1-19-7-9-22(13-20(19)2)29(34)30-11-12-32-16-27(23-5-3-4-6-24(23)32)37-17-28(33)31-15-21-8-10-25-26(14-21)36-18-35-25/h3-10,13-14,16H,11-12,15,17-18H2,1-2H3,(H,30,34)(H,31,33). The van der Waals surface area contributed by atoms with Crippen LogP contribution in [0.4, 0.5) is 0 Å². The molecule has 2 N–H and O–H groups in total. The van der Waals surface area contributed by atoms with Crippen molar-refractivity contribution in [1.82, 2.24) is 15.2 Å². The molecule has 37 heavy (non-hydrogen) atoms. The van der Waals surface area contributed by atoms with Crippen molar-refractivity contribution in [2.75, 3.05) is 19.1 Å². The van der Waals surface area contributed by atoms with Crippen LogP contribution in [0.1, 0.15) is 27.0 Å². The van der Waals surface area contributed by atoms with Crippen molar-refractivity contribution in [2.45, 2.75) is 31.8 Å². The quantitative estimate of drug-likeness (QED) is 0.312. The highest BCUT2D eigenvalue weighted by Gasteiger charge is 2.15. The Morgan fingerprint density at radius 3 is 2.65 bits per heavy atom. The van der Waals surface area contributed by atoms with Crippen LogP contribution in [0, 0.1) is 13.8 Å². The molecule has 1 aliphatic rings. The molecule has 0 fully saturated rings. The number of rotatable bonds is 9. The van der Waals surface area contributed by atoms with Gasteiger partial charge in [0.2, 0.25) is 12.7 Å². The van der Waals surface area contributed by atoms with E-state index in [1.165, 1.54) is 17.3 Å². The maximum absolute atomic E-state index is 12.6. The molecule has 0 atom stereocenters. The van der Waals surface area contributed by atoms with Crippen molar-refractivity contribution >= 4 is 34.5 Å². The first-order chi connectivity index (χ1) is 18.0. The third-order valence-corrected chi connectivity index (χ3v) is 7.49. The molecule has 7 nitrogen and oxygen atoms in total. The summed E-state index contributed by atoms with van der Waals surface area (Å²) in [5, 5.41) is 7.09. The lowest BCUT2D eigenvalue weighted by atomic mass is 10.1. The number of fused-ring (bicyclic) bond motifs is 2. The van der Waals surface area contributed by atoms with Crippen LogP contribution >= 0.6 is 11.8 Å². The summed E-state index contributed by atoms with van der Waals surface area (Å²) >= 11 is 1.51. The molecule has 0 saturated heterocycles. The molecule has 0 unspecified atom stereocenters. The Balaban J connectivity index is 1.16. The second kappa shape index (κ2) is 11.0. The molecule has 0 saturated carbocycles. The highest BCUT2D eigenvalue weighted by atomic mass is 32.2. The number of carbonyl (C=O) groups is 2. The molecule has 0 bridgehead atoms. The number of thioether (sulfide) groups is 1. The number of nitrogens with zero attached hydrogens (tertiary/aromatic N) is 1. The normalized spacial score (nSPS) is 12.1. The van der Waals surface area contributed by atoms with E-state index in [1.54, 1.807) is 0 Å². The second-order valence-corrected chi connectivity index (χ2v) is 10.0. The van der Waals surface area contributed by atoms with E-state index in [2.05, 4.69) is 33.5 Å². The van der Waals surface area contributed by atoms with Crippen LogP contribution in [0.2, 0.25) is 0 Å². The Bertz CT molecular complexity index is 1460. The Labute approximate surface area is 220 Å². The number of hydrogen-bond donors (Lipinski definition) is 2. The van der Waals surface area contributed by atoms with Crippen molar-refractivity contribution in [2.24, 2.45) is 0 Å². The zero-order chi connectivity index (χ0) is 25.8. The monoisotopic (exact) mass is 515 g/mol. The topological polar surface area (TPSA) is 81.6 Å². The lowest BCUT2D eigenvalue weighted by Gasteiger charge is -2.09. The van der Waals surface area contributed by atoms with Gasteiger partial charge in [-0.1, -0.05) is 30.3 Å². The summed E-state index contributed by atoms with van der Waals surface area (Å²) in [5.41, 5.74) is 4.98. The van der Waals surface area contributed by atoms with Gasteiger partial charge in [-0.3, -0.25) is 9.59 Å². The van der Waals surface area contributed by atoms with Gasteiger partial charge in [0.1, 0.15) is 0 Å². The average molecular weight is 516 g/mol. The number of amides is 2. The summed E-state index contributed by atoms with van der Waals surface area (Å²) in [6, 6.07) is 19.5. The fourth-order valence-corrected chi connectivity index (χ4v) is 5.15. The Kier molecular flexibility index (Phi) is 7.37. The molecule has 3 aromatic carbocycles. The van der Waals surface area contributed by atoms with Crippen LogP contribution < -0.4 is 20.1 Å². The van der Waals surface area contributed by atoms with Gasteiger partial charge in [-0.05, 0) is 60.9 Å². The summed E-state index contributed by atoms with van der Waals surface area (Å²) in [6.45, 7) is 5.84. The molecule has 1 aliphatic heterocycles. The Morgan fingerprint density at radius 1 is 0.946 bits per heavy atom. The molecular formula is C29H29N3O4S. The average Bonchev–Trinajstić information content (AvgIpc) is 3.52. The molecule has 2 amide bonds. The smallest absolute Gasteiger partial charge is 0.251 e. The van der Waals surface area contributed by atoms with Crippen LogP contribution in [-0.2, 0) is 17.9 Å². The first-order valence-electron chi connectivity index (χ1n) is 12.2. The van der Waals surface area contributed by atoms with Crippen LogP contribution in [-0.4, -0.2) is 35.5 Å². The summed E-state index contributed by atoms with van der Waals surface area (Å²) < 4.78 is 12.9. The Hall–Kier alpha value is -3.91. The molecule has 190 valence electrons. The van der Waals surface area contributed by atoms with Gasteiger partial charge in [-0.2, -0.15) is 0 Å². The third kappa shape index (κ3) is 5.75. The summed E-state index contributed by atoms with van der Waals surface area (Å²) in [5.74, 6) is 1.63. The van der Waals surface area contributed by atoms with E-state index in [-0.39, 0.29) is 18.6 Å². The number of hydrogen-bond acceptors (Lipinski definition) is 5. The van der Waals surface area contributed by atoms with Gasteiger partial charge < -0.3 is 24.7 Å². The van der Waals surface area contributed by atoms with E-state index in [1.807, 2.05) is 62.4 Å². The summed E-state index contributed by atoms with van der Waals surface area (Å²) in [6.07, 6.45) is 2.06. The molecule has 2 heterocycles. The van der Waals surface area contributed by atoms with Gasteiger partial charge in [0.15, 0.2) is 11.5 Å². The number of nitrogens with one attached hydrogen (secondary N) is 2. The number of ether oxygens (including phenoxy) is 2. The van der Waals surface area contributed by atoms with E-state index >= 15 is 0 Å². The minimum atomic E-state index is -0.0757. The van der Waals surface area contributed by atoms with Crippen molar-refractivity contribution < 1.29 is 19.1 Å². The fourth-order valence-electron chi connectivity index (χ4n) is 4.23. The van der Waals surface area contributed by atoms with E-state index in [0.29, 0.717) is 36.7 Å². The first-order valence-corrected chi connectivity index (χ1v) is 13.2. The highest BCUT2D eigenvalue weighted by Crippen LogP contribution is 2.33. The van der Waals surface area contributed by atoms with Gasteiger partial charge in [0, 0.05) is 47.2 Å². The fraction of sp³-hybridized carbons (Fsp3) is 0.241. The molecular weight excluding hydrogens is 486 g/mol. The van der Waals surface area contributed by atoms with E-state index in [9.17, 15) is 9.59 Å². The van der Waals surface area contributed by atoms with Crippen LogP contribution in [0.15, 0.2) is 71.8 Å².